The van der Waals surface area contributed by atoms with Crippen LogP contribution in [0.3, 0.4) is 0 Å². The van der Waals surface area contributed by atoms with E-state index in [1.807, 2.05) is 0 Å². The van der Waals surface area contributed by atoms with E-state index in [4.69, 9.17) is 0 Å². The van der Waals surface area contributed by atoms with Crippen molar-refractivity contribution in [3.8, 4) is 0 Å². The van der Waals surface area contributed by atoms with Gasteiger partial charge in [-0.15, -0.1) is 0 Å². The molecule has 1 aliphatic rings. The van der Waals surface area contributed by atoms with Gasteiger partial charge in [0.1, 0.15) is 0 Å². The van der Waals surface area contributed by atoms with Crippen LogP contribution in [0.1, 0.15) is 47.5 Å². The summed E-state index contributed by atoms with van der Waals surface area (Å²) < 4.78 is 0. The number of aliphatic hydroxyl groups excluding tert-OH is 1. The minimum Gasteiger partial charge on any atom is -0.395 e. The molecule has 0 bridgehead atoms. The van der Waals surface area contributed by atoms with Crippen molar-refractivity contribution in [2.24, 2.45) is 17.3 Å². The van der Waals surface area contributed by atoms with E-state index in [1.165, 1.54) is 12.8 Å². The number of nitrogens with zero attached hydrogens (tertiary/aromatic N) is 1. The second-order valence-corrected chi connectivity index (χ2v) is 7.85. The summed E-state index contributed by atoms with van der Waals surface area (Å²) >= 11 is 0. The van der Waals surface area contributed by atoms with E-state index >= 15 is 0 Å². The van der Waals surface area contributed by atoms with Crippen molar-refractivity contribution < 1.29 is 5.11 Å². The first kappa shape index (κ1) is 16.9. The van der Waals surface area contributed by atoms with Crippen LogP contribution < -0.4 is 5.32 Å². The van der Waals surface area contributed by atoms with Crippen LogP contribution in [-0.4, -0.2) is 48.8 Å². The van der Waals surface area contributed by atoms with Crippen LogP contribution >= 0.6 is 0 Å². The first-order valence-corrected chi connectivity index (χ1v) is 7.86. The molecule has 1 aliphatic heterocycles. The molecule has 0 saturated carbocycles. The Labute approximate surface area is 119 Å². The van der Waals surface area contributed by atoms with E-state index in [-0.39, 0.29) is 6.61 Å². The lowest BCUT2D eigenvalue weighted by Gasteiger charge is -2.40. The van der Waals surface area contributed by atoms with Crippen LogP contribution in [-0.2, 0) is 0 Å². The summed E-state index contributed by atoms with van der Waals surface area (Å²) in [6, 6.07) is 0.593. The maximum Gasteiger partial charge on any atom is 0.0558 e. The number of likely N-dealkylation sites (tertiary alicyclic amines) is 1. The van der Waals surface area contributed by atoms with Gasteiger partial charge in [-0.05, 0) is 36.6 Å². The van der Waals surface area contributed by atoms with Gasteiger partial charge >= 0.3 is 0 Å². The molecule has 19 heavy (non-hydrogen) atoms. The van der Waals surface area contributed by atoms with E-state index < -0.39 is 0 Å². The molecule has 0 spiro atoms. The fourth-order valence-corrected chi connectivity index (χ4v) is 3.19. The lowest BCUT2D eigenvalue weighted by Crippen LogP contribution is -2.51. The van der Waals surface area contributed by atoms with Crippen molar-refractivity contribution in [2.75, 3.05) is 32.8 Å². The molecule has 1 rings (SSSR count). The highest BCUT2D eigenvalue weighted by atomic mass is 16.3. The standard InChI is InChI=1S/C16H34N2O/c1-13(2)10-17-15-8-14(9-16(3,4)5)11-18(12-15)6-7-19/h13-15,17,19H,6-12H2,1-5H3. The Hall–Kier alpha value is -0.120. The van der Waals surface area contributed by atoms with Crippen molar-refractivity contribution in [3.63, 3.8) is 0 Å². The van der Waals surface area contributed by atoms with Gasteiger partial charge in [-0.25, -0.2) is 0 Å². The lowest BCUT2D eigenvalue weighted by atomic mass is 9.80. The molecular formula is C16H34N2O. The van der Waals surface area contributed by atoms with Crippen molar-refractivity contribution in [3.05, 3.63) is 0 Å². The Balaban J connectivity index is 2.52. The summed E-state index contributed by atoms with van der Waals surface area (Å²) in [4.78, 5) is 2.43. The molecule has 0 aromatic rings. The van der Waals surface area contributed by atoms with E-state index in [2.05, 4.69) is 44.8 Å². The molecule has 2 N–H and O–H groups in total. The number of rotatable bonds is 6. The molecule has 3 heteroatoms. The minimum absolute atomic E-state index is 0.277. The fourth-order valence-electron chi connectivity index (χ4n) is 3.19. The van der Waals surface area contributed by atoms with Crippen LogP contribution in [0, 0.1) is 17.3 Å². The molecule has 2 unspecified atom stereocenters. The van der Waals surface area contributed by atoms with Crippen LogP contribution in [0.25, 0.3) is 0 Å². The summed E-state index contributed by atoms with van der Waals surface area (Å²) in [5.74, 6) is 1.46. The summed E-state index contributed by atoms with van der Waals surface area (Å²) in [6.07, 6.45) is 2.56. The van der Waals surface area contributed by atoms with E-state index in [0.717, 1.165) is 32.1 Å². The van der Waals surface area contributed by atoms with Gasteiger partial charge in [0.2, 0.25) is 0 Å². The number of aliphatic hydroxyl groups is 1. The quantitative estimate of drug-likeness (QED) is 0.778. The van der Waals surface area contributed by atoms with Crippen molar-refractivity contribution in [1.29, 1.82) is 0 Å². The summed E-state index contributed by atoms with van der Waals surface area (Å²) in [7, 11) is 0. The average molecular weight is 270 g/mol. The molecule has 1 heterocycles. The summed E-state index contributed by atoms with van der Waals surface area (Å²) in [5.41, 5.74) is 0.398. The third-order valence-corrected chi connectivity index (χ3v) is 3.74. The van der Waals surface area contributed by atoms with E-state index in [9.17, 15) is 5.11 Å². The molecule has 114 valence electrons. The monoisotopic (exact) mass is 270 g/mol. The molecule has 0 aromatic heterocycles. The molecule has 1 fully saturated rings. The van der Waals surface area contributed by atoms with Gasteiger partial charge in [-0.2, -0.15) is 0 Å². The number of piperidine rings is 1. The normalized spacial score (nSPS) is 26.1. The Morgan fingerprint density at radius 3 is 2.47 bits per heavy atom. The van der Waals surface area contributed by atoms with Gasteiger partial charge in [-0.3, -0.25) is 4.90 Å². The second kappa shape index (κ2) is 7.61. The zero-order chi connectivity index (χ0) is 14.5. The lowest BCUT2D eigenvalue weighted by molar-refractivity contribution is 0.0952. The molecule has 0 aliphatic carbocycles. The summed E-state index contributed by atoms with van der Waals surface area (Å²) in [5, 5.41) is 12.9. The Morgan fingerprint density at radius 1 is 1.26 bits per heavy atom. The molecular weight excluding hydrogens is 236 g/mol. The van der Waals surface area contributed by atoms with Crippen molar-refractivity contribution >= 4 is 0 Å². The minimum atomic E-state index is 0.277. The third-order valence-electron chi connectivity index (χ3n) is 3.74. The Kier molecular flexibility index (Phi) is 6.78. The Bertz CT molecular complexity index is 248. The number of nitrogens with one attached hydrogen (secondary N) is 1. The maximum absolute atomic E-state index is 9.18. The molecule has 1 saturated heterocycles. The van der Waals surface area contributed by atoms with Gasteiger partial charge in [0.25, 0.3) is 0 Å². The first-order valence-electron chi connectivity index (χ1n) is 7.86. The van der Waals surface area contributed by atoms with Crippen LogP contribution in [0.5, 0.6) is 0 Å². The SMILES string of the molecule is CC(C)CNC1CC(CC(C)(C)C)CN(CCO)C1. The maximum atomic E-state index is 9.18. The molecule has 3 nitrogen and oxygen atoms in total. The van der Waals surface area contributed by atoms with Crippen LogP contribution in [0.4, 0.5) is 0 Å². The van der Waals surface area contributed by atoms with Gasteiger partial charge in [0.15, 0.2) is 0 Å². The molecule has 0 aromatic carbocycles. The Morgan fingerprint density at radius 2 is 1.95 bits per heavy atom. The predicted molar refractivity (Wildman–Crippen MR) is 82.3 cm³/mol. The highest BCUT2D eigenvalue weighted by molar-refractivity contribution is 4.85. The number of β-amino-alcohol motifs (C(OH)–C–C–N with tert-alkyl or cyclic N) is 1. The third kappa shape index (κ3) is 7.28. The highest BCUT2D eigenvalue weighted by Gasteiger charge is 2.29. The first-order chi connectivity index (χ1) is 8.80. The van der Waals surface area contributed by atoms with Crippen LogP contribution in [0.15, 0.2) is 0 Å². The van der Waals surface area contributed by atoms with Gasteiger partial charge in [0, 0.05) is 25.7 Å². The van der Waals surface area contributed by atoms with Gasteiger partial charge in [-0.1, -0.05) is 34.6 Å². The number of hydrogen-bond donors (Lipinski definition) is 2. The number of hydrogen-bond acceptors (Lipinski definition) is 3. The smallest absolute Gasteiger partial charge is 0.0558 e. The molecule has 2 atom stereocenters. The average Bonchev–Trinajstić information content (AvgIpc) is 2.24. The predicted octanol–water partition coefficient (Wildman–Crippen LogP) is 2.35. The summed E-state index contributed by atoms with van der Waals surface area (Å²) in [6.45, 7) is 15.9. The van der Waals surface area contributed by atoms with Gasteiger partial charge in [0.05, 0.1) is 6.61 Å². The van der Waals surface area contributed by atoms with E-state index in [0.29, 0.717) is 17.4 Å². The topological polar surface area (TPSA) is 35.5 Å². The van der Waals surface area contributed by atoms with Crippen molar-refractivity contribution in [1.82, 2.24) is 10.2 Å². The van der Waals surface area contributed by atoms with Gasteiger partial charge < -0.3 is 10.4 Å². The van der Waals surface area contributed by atoms with Crippen molar-refractivity contribution in [2.45, 2.75) is 53.5 Å². The second-order valence-electron chi connectivity index (χ2n) is 7.85. The van der Waals surface area contributed by atoms with E-state index in [1.54, 1.807) is 0 Å². The zero-order valence-electron chi connectivity index (χ0n) is 13.6. The fraction of sp³-hybridized carbons (Fsp3) is 1.00. The highest BCUT2D eigenvalue weighted by Crippen LogP contribution is 2.30. The molecule has 0 amide bonds. The largest absolute Gasteiger partial charge is 0.395 e. The molecule has 0 radical (unpaired) electrons. The van der Waals surface area contributed by atoms with Crippen LogP contribution in [0.2, 0.25) is 0 Å². The zero-order valence-corrected chi connectivity index (χ0v) is 13.6.